The van der Waals surface area contributed by atoms with E-state index < -0.39 is 0 Å². The molecule has 0 radical (unpaired) electrons. The van der Waals surface area contributed by atoms with Gasteiger partial charge in [0.15, 0.2) is 5.69 Å². The Kier molecular flexibility index (Phi) is 3.78. The monoisotopic (exact) mass is 386 g/mol. The summed E-state index contributed by atoms with van der Waals surface area (Å²) in [7, 11) is 0. The highest BCUT2D eigenvalue weighted by atomic mass is 35.5. The van der Waals surface area contributed by atoms with Gasteiger partial charge in [0, 0.05) is 29.9 Å². The van der Waals surface area contributed by atoms with Crippen molar-refractivity contribution in [3.8, 4) is 34.4 Å². The van der Waals surface area contributed by atoms with Gasteiger partial charge >= 0.3 is 0 Å². The first-order valence-corrected chi connectivity index (χ1v) is 9.31. The second-order valence-electron chi connectivity index (χ2n) is 6.74. The summed E-state index contributed by atoms with van der Waals surface area (Å²) in [5.41, 5.74) is 7.33. The molecule has 5 rings (SSSR count). The topological polar surface area (TPSA) is 72.3 Å². The number of aromatic nitrogens is 5. The molecule has 0 aliphatic carbocycles. The summed E-state index contributed by atoms with van der Waals surface area (Å²) in [4.78, 5) is 4.22. The Hall–Kier alpha value is -3.43. The predicted octanol–water partition coefficient (Wildman–Crippen LogP) is 4.19. The van der Waals surface area contributed by atoms with Crippen LogP contribution in [0.5, 0.6) is 0 Å². The molecule has 3 aromatic heterocycles. The number of hydrogen-bond donors (Lipinski definition) is 0. The number of aryl methyl sites for hydroxylation is 2. The molecule has 0 N–H and O–H groups in total. The molecule has 28 heavy (non-hydrogen) atoms. The first-order valence-electron chi connectivity index (χ1n) is 8.94. The Balaban J connectivity index is 1.81. The highest BCUT2D eigenvalue weighted by molar-refractivity contribution is 6.29. The molecule has 1 aliphatic heterocycles. The molecule has 0 saturated carbocycles. The zero-order chi connectivity index (χ0) is 19.3. The maximum atomic E-state index is 9.31. The SMILES string of the molecule is Cc1ccccc1-n1nc(-c2ccc(Cl)nc2)c2c1-c1cc(C#N)nn1CC2. The normalized spacial score (nSPS) is 12.3. The number of halogens is 1. The Morgan fingerprint density at radius 3 is 2.75 bits per heavy atom. The molecule has 0 fully saturated rings. The van der Waals surface area contributed by atoms with E-state index in [2.05, 4.69) is 29.1 Å². The first-order chi connectivity index (χ1) is 13.7. The zero-order valence-electron chi connectivity index (χ0n) is 15.1. The van der Waals surface area contributed by atoms with Crippen LogP contribution in [0.2, 0.25) is 5.15 Å². The fourth-order valence-corrected chi connectivity index (χ4v) is 3.84. The summed E-state index contributed by atoms with van der Waals surface area (Å²) in [5.74, 6) is 0. The summed E-state index contributed by atoms with van der Waals surface area (Å²) in [6.45, 7) is 2.77. The second kappa shape index (κ2) is 6.32. The van der Waals surface area contributed by atoms with Crippen LogP contribution in [0, 0.1) is 18.3 Å². The predicted molar refractivity (Wildman–Crippen MR) is 106 cm³/mol. The molecule has 0 bridgehead atoms. The van der Waals surface area contributed by atoms with E-state index in [0.29, 0.717) is 17.4 Å². The van der Waals surface area contributed by atoms with Gasteiger partial charge in [-0.1, -0.05) is 29.8 Å². The van der Waals surface area contributed by atoms with E-state index in [-0.39, 0.29) is 0 Å². The van der Waals surface area contributed by atoms with Crippen LogP contribution in [0.4, 0.5) is 0 Å². The van der Waals surface area contributed by atoms with Crippen LogP contribution in [-0.4, -0.2) is 24.5 Å². The Labute approximate surface area is 166 Å². The van der Waals surface area contributed by atoms with Gasteiger partial charge in [0.1, 0.15) is 11.2 Å². The van der Waals surface area contributed by atoms with E-state index in [1.165, 1.54) is 0 Å². The standard InChI is InChI=1S/C21H15ClN6/c1-13-4-2-3-5-17(13)28-21-16(8-9-27-18(21)10-15(11-23)25-27)20(26-28)14-6-7-19(22)24-12-14/h2-7,10,12H,8-9H2,1H3. The Morgan fingerprint density at radius 1 is 1.14 bits per heavy atom. The third kappa shape index (κ3) is 2.52. The lowest BCUT2D eigenvalue weighted by molar-refractivity contribution is 0.602. The molecule has 136 valence electrons. The number of hydrogen-bond acceptors (Lipinski definition) is 4. The maximum Gasteiger partial charge on any atom is 0.163 e. The summed E-state index contributed by atoms with van der Waals surface area (Å²) in [5, 5.41) is 19.1. The molecule has 4 heterocycles. The number of rotatable bonds is 2. The molecule has 0 spiro atoms. The van der Waals surface area contributed by atoms with Gasteiger partial charge < -0.3 is 0 Å². The third-order valence-electron chi connectivity index (χ3n) is 5.04. The molecular weight excluding hydrogens is 372 g/mol. The fourth-order valence-electron chi connectivity index (χ4n) is 3.72. The van der Waals surface area contributed by atoms with Gasteiger partial charge in [-0.05, 0) is 37.1 Å². The van der Waals surface area contributed by atoms with Crippen molar-refractivity contribution in [1.82, 2.24) is 24.5 Å². The minimum Gasteiger partial charge on any atom is -0.262 e. The summed E-state index contributed by atoms with van der Waals surface area (Å²) < 4.78 is 3.85. The molecule has 0 amide bonds. The van der Waals surface area contributed by atoms with Crippen molar-refractivity contribution in [3.63, 3.8) is 0 Å². The number of pyridine rings is 1. The number of nitrogens with zero attached hydrogens (tertiary/aromatic N) is 6. The van der Waals surface area contributed by atoms with Gasteiger partial charge in [0.25, 0.3) is 0 Å². The lowest BCUT2D eigenvalue weighted by Gasteiger charge is -2.17. The average Bonchev–Trinajstić information content (AvgIpc) is 3.30. The van der Waals surface area contributed by atoms with Gasteiger partial charge in [0.05, 0.1) is 22.8 Å². The van der Waals surface area contributed by atoms with Gasteiger partial charge in [-0.15, -0.1) is 0 Å². The third-order valence-corrected chi connectivity index (χ3v) is 5.26. The molecule has 0 saturated heterocycles. The number of nitriles is 1. The van der Waals surface area contributed by atoms with Gasteiger partial charge in [0.2, 0.25) is 0 Å². The molecule has 4 aromatic rings. The van der Waals surface area contributed by atoms with Gasteiger partial charge in [-0.2, -0.15) is 15.5 Å². The van der Waals surface area contributed by atoms with E-state index in [9.17, 15) is 5.26 Å². The second-order valence-corrected chi connectivity index (χ2v) is 7.13. The zero-order valence-corrected chi connectivity index (χ0v) is 15.9. The minimum atomic E-state index is 0.412. The van der Waals surface area contributed by atoms with Crippen molar-refractivity contribution in [2.75, 3.05) is 0 Å². The number of fused-ring (bicyclic) bond motifs is 3. The van der Waals surface area contributed by atoms with Crippen molar-refractivity contribution >= 4 is 11.6 Å². The van der Waals surface area contributed by atoms with E-state index in [0.717, 1.165) is 45.9 Å². The van der Waals surface area contributed by atoms with Crippen molar-refractivity contribution in [2.24, 2.45) is 0 Å². The highest BCUT2D eigenvalue weighted by Gasteiger charge is 2.28. The molecular formula is C21H15ClN6. The van der Waals surface area contributed by atoms with E-state index >= 15 is 0 Å². The maximum absolute atomic E-state index is 9.31. The van der Waals surface area contributed by atoms with Crippen LogP contribution in [-0.2, 0) is 13.0 Å². The number of para-hydroxylation sites is 1. The van der Waals surface area contributed by atoms with Crippen LogP contribution in [0.25, 0.3) is 28.3 Å². The summed E-state index contributed by atoms with van der Waals surface area (Å²) in [6, 6.07) is 15.8. The highest BCUT2D eigenvalue weighted by Crippen LogP contribution is 2.38. The summed E-state index contributed by atoms with van der Waals surface area (Å²) in [6.07, 6.45) is 2.53. The van der Waals surface area contributed by atoms with Crippen LogP contribution in [0.3, 0.4) is 0 Å². The van der Waals surface area contributed by atoms with Crippen molar-refractivity contribution in [1.29, 1.82) is 5.26 Å². The van der Waals surface area contributed by atoms with E-state index in [4.69, 9.17) is 16.7 Å². The molecule has 0 unspecified atom stereocenters. The largest absolute Gasteiger partial charge is 0.262 e. The van der Waals surface area contributed by atoms with Crippen LogP contribution in [0.1, 0.15) is 16.8 Å². The number of benzene rings is 1. The average molecular weight is 387 g/mol. The van der Waals surface area contributed by atoms with Gasteiger partial charge in [-0.25, -0.2) is 9.67 Å². The molecule has 0 atom stereocenters. The lowest BCUT2D eigenvalue weighted by atomic mass is 10.00. The van der Waals surface area contributed by atoms with Crippen LogP contribution in [0.15, 0.2) is 48.7 Å². The fraction of sp³-hybridized carbons (Fsp3) is 0.143. The van der Waals surface area contributed by atoms with Crippen molar-refractivity contribution < 1.29 is 0 Å². The smallest absolute Gasteiger partial charge is 0.163 e. The van der Waals surface area contributed by atoms with Gasteiger partial charge in [-0.3, -0.25) is 4.68 Å². The molecule has 6 nitrogen and oxygen atoms in total. The Morgan fingerprint density at radius 2 is 2.00 bits per heavy atom. The van der Waals surface area contributed by atoms with E-state index in [1.54, 1.807) is 12.3 Å². The molecule has 1 aliphatic rings. The quantitative estimate of drug-likeness (QED) is 0.484. The summed E-state index contributed by atoms with van der Waals surface area (Å²) >= 11 is 5.97. The van der Waals surface area contributed by atoms with Crippen molar-refractivity contribution in [3.05, 3.63) is 70.6 Å². The van der Waals surface area contributed by atoms with E-state index in [1.807, 2.05) is 39.7 Å². The minimum absolute atomic E-state index is 0.412. The Bertz CT molecular complexity index is 1240. The van der Waals surface area contributed by atoms with Crippen LogP contribution < -0.4 is 0 Å². The molecule has 7 heteroatoms. The van der Waals surface area contributed by atoms with Crippen molar-refractivity contribution in [2.45, 2.75) is 19.9 Å². The lowest BCUT2D eigenvalue weighted by Crippen LogP contribution is -2.14. The molecule has 1 aromatic carbocycles. The first kappa shape index (κ1) is 16.7. The van der Waals surface area contributed by atoms with Crippen LogP contribution >= 0.6 is 11.6 Å².